The van der Waals surface area contributed by atoms with Crippen molar-refractivity contribution < 1.29 is 5.11 Å². The van der Waals surface area contributed by atoms with Gasteiger partial charge in [0.15, 0.2) is 0 Å². The maximum Gasteiger partial charge on any atom is 0.131 e. The van der Waals surface area contributed by atoms with E-state index in [1.54, 1.807) is 6.20 Å². The number of nitrogens with zero attached hydrogens (tertiary/aromatic N) is 2. The maximum atomic E-state index is 8.95. The van der Waals surface area contributed by atoms with Crippen LogP contribution in [0.1, 0.15) is 36.3 Å². The van der Waals surface area contributed by atoms with Gasteiger partial charge in [-0.25, -0.2) is 9.97 Å². The van der Waals surface area contributed by atoms with Crippen LogP contribution in [0.5, 0.6) is 0 Å². The van der Waals surface area contributed by atoms with Gasteiger partial charge in [0, 0.05) is 12.1 Å². The van der Waals surface area contributed by atoms with Gasteiger partial charge in [-0.1, -0.05) is 0 Å². The molecule has 0 radical (unpaired) electrons. The van der Waals surface area contributed by atoms with Crippen molar-refractivity contribution in [1.29, 1.82) is 0 Å². The lowest BCUT2D eigenvalue weighted by Gasteiger charge is -2.10. The third-order valence-electron chi connectivity index (χ3n) is 2.28. The van der Waals surface area contributed by atoms with Crippen LogP contribution >= 0.6 is 15.9 Å². The molecule has 1 aromatic heterocycles. The zero-order chi connectivity index (χ0) is 10.1. The average Bonchev–Trinajstić information content (AvgIpc) is 3.01. The van der Waals surface area contributed by atoms with E-state index in [4.69, 9.17) is 10.8 Å². The fraction of sp³-hybridized carbons (Fsp3) is 0.556. The molecule has 0 aromatic carbocycles. The number of hydrogen-bond acceptors (Lipinski definition) is 4. The summed E-state index contributed by atoms with van der Waals surface area (Å²) in [7, 11) is 0. The van der Waals surface area contributed by atoms with E-state index in [0.717, 1.165) is 23.1 Å². The van der Waals surface area contributed by atoms with Crippen LogP contribution in [0.15, 0.2) is 10.7 Å². The van der Waals surface area contributed by atoms with Gasteiger partial charge in [-0.3, -0.25) is 0 Å². The van der Waals surface area contributed by atoms with Crippen LogP contribution in [0.3, 0.4) is 0 Å². The van der Waals surface area contributed by atoms with Crippen LogP contribution in [0, 0.1) is 0 Å². The minimum absolute atomic E-state index is 0.0975. The Labute approximate surface area is 90.7 Å². The van der Waals surface area contributed by atoms with Crippen molar-refractivity contribution in [2.75, 3.05) is 6.61 Å². The van der Waals surface area contributed by atoms with Gasteiger partial charge in [-0.2, -0.15) is 0 Å². The standard InChI is InChI=1S/C9H12BrN3O/c10-6-3-12-9(5-1-2-5)13-8(6)7(11)4-14/h3,5,7,14H,1-2,4,11H2. The Bertz CT molecular complexity index is 341. The van der Waals surface area contributed by atoms with Crippen LogP contribution < -0.4 is 5.73 Å². The van der Waals surface area contributed by atoms with Crippen molar-refractivity contribution >= 4 is 15.9 Å². The topological polar surface area (TPSA) is 72.0 Å². The molecule has 0 aliphatic heterocycles. The highest BCUT2D eigenvalue weighted by Gasteiger charge is 2.27. The van der Waals surface area contributed by atoms with E-state index in [1.807, 2.05) is 0 Å². The highest BCUT2D eigenvalue weighted by molar-refractivity contribution is 9.10. The minimum Gasteiger partial charge on any atom is -0.394 e. The SMILES string of the molecule is NC(CO)c1nc(C2CC2)ncc1Br. The maximum absolute atomic E-state index is 8.95. The Hall–Kier alpha value is -0.520. The first-order valence-corrected chi connectivity index (χ1v) is 5.40. The van der Waals surface area contributed by atoms with Crippen LogP contribution in [0.4, 0.5) is 0 Å². The molecular weight excluding hydrogens is 246 g/mol. The van der Waals surface area contributed by atoms with Gasteiger partial charge in [-0.05, 0) is 28.8 Å². The molecule has 0 bridgehead atoms. The number of nitrogens with two attached hydrogens (primary N) is 1. The van der Waals surface area contributed by atoms with Crippen LogP contribution in [0.2, 0.25) is 0 Å². The smallest absolute Gasteiger partial charge is 0.131 e. The van der Waals surface area contributed by atoms with E-state index in [1.165, 1.54) is 0 Å². The number of aliphatic hydroxyl groups is 1. The zero-order valence-electron chi connectivity index (χ0n) is 7.65. The molecule has 1 saturated carbocycles. The van der Waals surface area contributed by atoms with Crippen LogP contribution in [-0.4, -0.2) is 21.7 Å². The number of halogens is 1. The predicted molar refractivity (Wildman–Crippen MR) is 55.7 cm³/mol. The summed E-state index contributed by atoms with van der Waals surface area (Å²) < 4.78 is 0.767. The highest BCUT2D eigenvalue weighted by atomic mass is 79.9. The van der Waals surface area contributed by atoms with Crippen LogP contribution in [0.25, 0.3) is 0 Å². The van der Waals surface area contributed by atoms with Crippen molar-refractivity contribution in [2.24, 2.45) is 5.73 Å². The predicted octanol–water partition coefficient (Wildman–Crippen LogP) is 1.11. The van der Waals surface area contributed by atoms with E-state index in [9.17, 15) is 0 Å². The molecule has 2 rings (SSSR count). The monoisotopic (exact) mass is 257 g/mol. The van der Waals surface area contributed by atoms with E-state index >= 15 is 0 Å². The summed E-state index contributed by atoms with van der Waals surface area (Å²) in [5.74, 6) is 1.36. The third-order valence-corrected chi connectivity index (χ3v) is 2.89. The van der Waals surface area contributed by atoms with Gasteiger partial charge in [0.25, 0.3) is 0 Å². The molecule has 14 heavy (non-hydrogen) atoms. The van der Waals surface area contributed by atoms with E-state index < -0.39 is 6.04 Å². The molecule has 76 valence electrons. The van der Waals surface area contributed by atoms with Gasteiger partial charge in [0.05, 0.1) is 22.8 Å². The Balaban J connectivity index is 2.31. The summed E-state index contributed by atoms with van der Waals surface area (Å²) >= 11 is 3.33. The molecule has 0 amide bonds. The molecular formula is C9H12BrN3O. The molecule has 1 unspecified atom stereocenters. The average molecular weight is 258 g/mol. The summed E-state index contributed by atoms with van der Waals surface area (Å²) in [5, 5.41) is 8.95. The lowest BCUT2D eigenvalue weighted by Crippen LogP contribution is -2.17. The first-order valence-electron chi connectivity index (χ1n) is 4.61. The molecule has 0 saturated heterocycles. The van der Waals surface area contributed by atoms with Gasteiger partial charge in [0.2, 0.25) is 0 Å². The molecule has 1 atom stereocenters. The summed E-state index contributed by atoms with van der Waals surface area (Å²) in [6, 6.07) is -0.426. The fourth-order valence-corrected chi connectivity index (χ4v) is 1.76. The largest absolute Gasteiger partial charge is 0.394 e. The third kappa shape index (κ3) is 1.94. The first kappa shape index (κ1) is 10.0. The second kappa shape index (κ2) is 3.92. The molecule has 3 N–H and O–H groups in total. The Morgan fingerprint density at radius 1 is 1.64 bits per heavy atom. The second-order valence-corrected chi connectivity index (χ2v) is 4.38. The molecule has 1 aromatic rings. The highest BCUT2D eigenvalue weighted by Crippen LogP contribution is 2.38. The fourth-order valence-electron chi connectivity index (χ4n) is 1.28. The van der Waals surface area contributed by atoms with Gasteiger partial charge >= 0.3 is 0 Å². The summed E-state index contributed by atoms with van der Waals surface area (Å²) in [5.41, 5.74) is 6.41. The van der Waals surface area contributed by atoms with Crippen molar-refractivity contribution in [3.8, 4) is 0 Å². The van der Waals surface area contributed by atoms with Crippen molar-refractivity contribution in [3.05, 3.63) is 22.2 Å². The molecule has 0 spiro atoms. The molecule has 4 nitrogen and oxygen atoms in total. The molecule has 1 aliphatic rings. The molecule has 1 fully saturated rings. The van der Waals surface area contributed by atoms with Gasteiger partial charge in [-0.15, -0.1) is 0 Å². The minimum atomic E-state index is -0.426. The van der Waals surface area contributed by atoms with E-state index in [0.29, 0.717) is 11.6 Å². The lowest BCUT2D eigenvalue weighted by atomic mass is 10.2. The van der Waals surface area contributed by atoms with Crippen molar-refractivity contribution in [3.63, 3.8) is 0 Å². The normalized spacial score (nSPS) is 18.2. The number of aromatic nitrogens is 2. The van der Waals surface area contributed by atoms with E-state index in [2.05, 4.69) is 25.9 Å². The van der Waals surface area contributed by atoms with Crippen molar-refractivity contribution in [1.82, 2.24) is 9.97 Å². The Kier molecular flexibility index (Phi) is 2.80. The number of rotatable bonds is 3. The molecule has 5 heteroatoms. The van der Waals surface area contributed by atoms with Gasteiger partial charge < -0.3 is 10.8 Å². The summed E-state index contributed by atoms with van der Waals surface area (Å²) in [4.78, 5) is 8.58. The Morgan fingerprint density at radius 2 is 2.36 bits per heavy atom. The van der Waals surface area contributed by atoms with Gasteiger partial charge in [0.1, 0.15) is 5.82 Å². The molecule has 1 aliphatic carbocycles. The first-order chi connectivity index (χ1) is 6.72. The van der Waals surface area contributed by atoms with Crippen molar-refractivity contribution in [2.45, 2.75) is 24.8 Å². The molecule has 1 heterocycles. The quantitative estimate of drug-likeness (QED) is 0.851. The number of hydrogen-bond donors (Lipinski definition) is 2. The Morgan fingerprint density at radius 3 is 2.93 bits per heavy atom. The number of aliphatic hydroxyl groups excluding tert-OH is 1. The lowest BCUT2D eigenvalue weighted by molar-refractivity contribution is 0.265. The second-order valence-electron chi connectivity index (χ2n) is 3.52. The summed E-state index contributed by atoms with van der Waals surface area (Å²) in [6.07, 6.45) is 4.04. The zero-order valence-corrected chi connectivity index (χ0v) is 9.24. The van der Waals surface area contributed by atoms with Crippen LogP contribution in [-0.2, 0) is 0 Å². The summed E-state index contributed by atoms with van der Waals surface area (Å²) in [6.45, 7) is -0.0975. The van der Waals surface area contributed by atoms with E-state index in [-0.39, 0.29) is 6.61 Å².